The summed E-state index contributed by atoms with van der Waals surface area (Å²) in [6, 6.07) is 18.8. The fourth-order valence-electron chi connectivity index (χ4n) is 5.82. The smallest absolute Gasteiger partial charge is 0.799 e. The van der Waals surface area contributed by atoms with E-state index in [0.717, 1.165) is 57.2 Å². The van der Waals surface area contributed by atoms with E-state index in [-0.39, 0.29) is 53.8 Å². The van der Waals surface area contributed by atoms with Crippen molar-refractivity contribution in [3.63, 3.8) is 0 Å². The largest absolute Gasteiger partial charge is 1.00 e. The van der Waals surface area contributed by atoms with Crippen LogP contribution in [0.5, 0.6) is 0 Å². The van der Waals surface area contributed by atoms with Crippen molar-refractivity contribution in [1.82, 2.24) is 4.90 Å². The molecule has 1 aliphatic carbocycles. The number of morpholine rings is 1. The first-order valence-electron chi connectivity index (χ1n) is 14.4. The van der Waals surface area contributed by atoms with Crippen LogP contribution in [-0.4, -0.2) is 61.5 Å². The first kappa shape index (κ1) is 32.7. The molecule has 0 bridgehead atoms. The Labute approximate surface area is 256 Å². The van der Waals surface area contributed by atoms with Crippen LogP contribution in [0.3, 0.4) is 0 Å². The molecule has 1 saturated carbocycles. The molecule has 0 radical (unpaired) electrons. The van der Waals surface area contributed by atoms with Crippen molar-refractivity contribution in [2.24, 2.45) is 5.92 Å². The van der Waals surface area contributed by atoms with Crippen LogP contribution >= 0.6 is 7.37 Å². The molecule has 0 amide bonds. The maximum absolute atomic E-state index is 13.2. The molecular weight excluding hydrogens is 520 g/mol. The second-order valence-electron chi connectivity index (χ2n) is 10.8. The van der Waals surface area contributed by atoms with Gasteiger partial charge in [0.1, 0.15) is 0 Å². The summed E-state index contributed by atoms with van der Waals surface area (Å²) < 4.78 is 23.7. The zero-order valence-corrected chi connectivity index (χ0v) is 26.7. The van der Waals surface area contributed by atoms with E-state index in [0.29, 0.717) is 38.2 Å². The summed E-state index contributed by atoms with van der Waals surface area (Å²) in [5.74, 6) is 0.484. The molecule has 2 fully saturated rings. The molecule has 0 N–H and O–H groups in total. The quantitative estimate of drug-likeness (QED) is 0.200. The van der Waals surface area contributed by atoms with Gasteiger partial charge in [-0.3, -0.25) is 9.69 Å². The van der Waals surface area contributed by atoms with Crippen molar-refractivity contribution in [3.8, 4) is 11.1 Å². The molecule has 1 heterocycles. The van der Waals surface area contributed by atoms with Crippen molar-refractivity contribution in [2.75, 3.05) is 38.6 Å². The van der Waals surface area contributed by atoms with Crippen LogP contribution in [0.1, 0.15) is 57.4 Å². The van der Waals surface area contributed by atoms with E-state index < -0.39 is 7.37 Å². The van der Waals surface area contributed by atoms with Gasteiger partial charge in [0.25, 0.3) is 0 Å². The van der Waals surface area contributed by atoms with Gasteiger partial charge in [-0.25, -0.2) is 0 Å². The number of nitrogens with zero attached hydrogens (tertiary/aromatic N) is 1. The molecule has 0 spiro atoms. The molecule has 1 aliphatic heterocycles. The van der Waals surface area contributed by atoms with Gasteiger partial charge in [-0.15, -0.1) is 0 Å². The van der Waals surface area contributed by atoms with Crippen molar-refractivity contribution in [2.45, 2.75) is 70.6 Å². The number of unbranched alkanes of at least 4 members (excludes halogenated alkanes) is 4. The van der Waals surface area contributed by atoms with E-state index in [2.05, 4.69) is 41.3 Å². The molecule has 8 heteroatoms. The van der Waals surface area contributed by atoms with Gasteiger partial charge in [0.2, 0.25) is 0 Å². The van der Waals surface area contributed by atoms with E-state index in [1.54, 1.807) is 6.92 Å². The second-order valence-corrected chi connectivity index (χ2v) is 13.5. The predicted molar refractivity (Wildman–Crippen MR) is 150 cm³/mol. The topological polar surface area (TPSA) is 78.9 Å². The monoisotopic (exact) mass is 563 g/mol. The molecule has 39 heavy (non-hydrogen) atoms. The van der Waals surface area contributed by atoms with Gasteiger partial charge < -0.3 is 18.9 Å². The number of rotatable bonds is 14. The molecule has 2 aromatic carbocycles. The Hall–Kier alpha value is -0.820. The minimum atomic E-state index is -3.16. The average molecular weight is 564 g/mol. The number of carbonyl (C=O) groups is 1. The Morgan fingerprint density at radius 3 is 2.28 bits per heavy atom. The van der Waals surface area contributed by atoms with Gasteiger partial charge in [0.15, 0.2) is 5.78 Å². The van der Waals surface area contributed by atoms with E-state index in [1.165, 1.54) is 11.1 Å². The fraction of sp³-hybridized carbons (Fsp3) is 0.581. The number of benzene rings is 2. The molecule has 2 aliphatic rings. The summed E-state index contributed by atoms with van der Waals surface area (Å²) in [5.41, 5.74) is 3.50. The number of Topliss-reactive ketones (excluding diaryl/α,β-unsaturated/α-hetero) is 1. The summed E-state index contributed by atoms with van der Waals surface area (Å²) in [6.45, 7) is 5.18. The van der Waals surface area contributed by atoms with Gasteiger partial charge >= 0.3 is 29.6 Å². The number of hydrogen-bond donors (Lipinski definition) is 0. The first-order valence-corrected chi connectivity index (χ1v) is 16.4. The molecule has 6 nitrogen and oxygen atoms in total. The maximum atomic E-state index is 13.2. The Morgan fingerprint density at radius 1 is 0.949 bits per heavy atom. The summed E-state index contributed by atoms with van der Waals surface area (Å²) >= 11 is 0. The summed E-state index contributed by atoms with van der Waals surface area (Å²) in [4.78, 5) is 27.2. The van der Waals surface area contributed by atoms with Crippen molar-refractivity contribution in [1.29, 1.82) is 0 Å². The van der Waals surface area contributed by atoms with E-state index >= 15 is 0 Å². The minimum Gasteiger partial charge on any atom is -0.799 e. The molecule has 1 saturated heterocycles. The van der Waals surface area contributed by atoms with Gasteiger partial charge in [-0.1, -0.05) is 87.2 Å². The normalized spacial score (nSPS) is 23.3. The van der Waals surface area contributed by atoms with E-state index in [1.807, 2.05) is 18.2 Å². The Morgan fingerprint density at radius 2 is 1.59 bits per heavy atom. The Balaban J connectivity index is 0.00000420. The Kier molecular flexibility index (Phi) is 13.9. The second kappa shape index (κ2) is 16.6. The number of hydrogen-bond acceptors (Lipinski definition) is 6. The van der Waals surface area contributed by atoms with Crippen LogP contribution in [0.4, 0.5) is 0 Å². The maximum Gasteiger partial charge on any atom is 1.00 e. The number of ketones is 1. The molecule has 0 aromatic heterocycles. The standard InChI is InChI=1S/C31H44NO5P.Na/c1-2-38(34,35)22-10-5-3-4-9-13-28-30(23-29(33)31(28)32-18-20-36-21-19-32)37-24-25-14-16-27(17-15-25)26-11-7-6-8-12-26;/h6-8,11-12,14-17,28,30-31H,2-5,9-10,13,18-24H2,1H3,(H,34,35);/q;+1/p-1/t28?,30-,31+;/m1./s1. The third-order valence-electron chi connectivity index (χ3n) is 8.10. The molecule has 2 unspecified atom stereocenters. The van der Waals surface area contributed by atoms with Gasteiger partial charge in [-0.2, -0.15) is 0 Å². The summed E-state index contributed by atoms with van der Waals surface area (Å²) in [7, 11) is -3.16. The van der Waals surface area contributed by atoms with E-state index in [4.69, 9.17) is 9.47 Å². The summed E-state index contributed by atoms with van der Waals surface area (Å²) in [5, 5.41) is 0. The zero-order chi connectivity index (χ0) is 26.8. The molecule has 208 valence electrons. The van der Waals surface area contributed by atoms with Crippen LogP contribution in [0.2, 0.25) is 0 Å². The molecule has 4 atom stereocenters. The molecule has 2 aromatic rings. The molecule has 4 rings (SSSR count). The third-order valence-corrected chi connectivity index (χ3v) is 10.1. The number of ether oxygens (including phenoxy) is 2. The third kappa shape index (κ3) is 9.90. The van der Waals surface area contributed by atoms with Crippen molar-refractivity contribution < 1.29 is 53.3 Å². The van der Waals surface area contributed by atoms with Crippen LogP contribution in [0.15, 0.2) is 54.6 Å². The van der Waals surface area contributed by atoms with Gasteiger partial charge in [0.05, 0.1) is 32.0 Å². The SMILES string of the molecule is CCP(=O)([O-])CCCCCCCC1[C@H](N2CCOCC2)C(=O)C[C@H]1OCc1ccc(-c2ccccc2)cc1.[Na+]. The van der Waals surface area contributed by atoms with Crippen LogP contribution in [0.25, 0.3) is 11.1 Å². The first-order chi connectivity index (χ1) is 18.5. The summed E-state index contributed by atoms with van der Waals surface area (Å²) in [6.07, 6.45) is 6.77. The van der Waals surface area contributed by atoms with Crippen molar-refractivity contribution >= 4 is 13.2 Å². The zero-order valence-electron chi connectivity index (χ0n) is 23.8. The van der Waals surface area contributed by atoms with Crippen LogP contribution < -0.4 is 34.5 Å². The van der Waals surface area contributed by atoms with E-state index in [9.17, 15) is 14.3 Å². The minimum absolute atomic E-state index is 0. The Bertz CT molecular complexity index is 1040. The molecular formula is C31H43NNaO5P. The predicted octanol–water partition coefficient (Wildman–Crippen LogP) is 2.53. The van der Waals surface area contributed by atoms with Gasteiger partial charge in [-0.05, 0) is 41.9 Å². The van der Waals surface area contributed by atoms with Crippen molar-refractivity contribution in [3.05, 3.63) is 60.2 Å². The van der Waals surface area contributed by atoms with Crippen LogP contribution in [-0.2, 0) is 25.4 Å². The number of carbonyl (C=O) groups excluding carboxylic acids is 1. The van der Waals surface area contributed by atoms with Gasteiger partial charge in [0, 0.05) is 32.8 Å². The van der Waals surface area contributed by atoms with Crippen LogP contribution in [0, 0.1) is 5.92 Å². The average Bonchev–Trinajstić information content (AvgIpc) is 3.27. The fourth-order valence-corrected chi connectivity index (χ4v) is 6.84.